The van der Waals surface area contributed by atoms with Gasteiger partial charge in [0.05, 0.1) is 7.11 Å². The Bertz CT molecular complexity index is 414. The van der Waals surface area contributed by atoms with Crippen LogP contribution in [0.25, 0.3) is 0 Å². The van der Waals surface area contributed by atoms with E-state index in [-0.39, 0.29) is 16.7 Å². The van der Waals surface area contributed by atoms with Crippen molar-refractivity contribution in [2.24, 2.45) is 0 Å². The number of carbonyl (C=O) groups excluding carboxylic acids is 1. The standard InChI is InChI=1S/C13H18O3/c1-8-6-7-9(13(2,3)4)11(14)10(8)12(15)16-5/h6-7,14H,1-5H3. The van der Waals surface area contributed by atoms with Crippen molar-refractivity contribution >= 4 is 5.97 Å². The van der Waals surface area contributed by atoms with Gasteiger partial charge in [-0.2, -0.15) is 0 Å². The van der Waals surface area contributed by atoms with Crippen molar-refractivity contribution in [1.29, 1.82) is 0 Å². The van der Waals surface area contributed by atoms with Crippen LogP contribution in [0.5, 0.6) is 5.75 Å². The molecular formula is C13H18O3. The number of ether oxygens (including phenoxy) is 1. The zero-order valence-electron chi connectivity index (χ0n) is 10.4. The molecule has 88 valence electrons. The molecule has 0 bridgehead atoms. The molecule has 0 spiro atoms. The van der Waals surface area contributed by atoms with Gasteiger partial charge in [-0.15, -0.1) is 0 Å². The van der Waals surface area contributed by atoms with Gasteiger partial charge in [-0.05, 0) is 17.9 Å². The number of hydrogen-bond acceptors (Lipinski definition) is 3. The summed E-state index contributed by atoms with van der Waals surface area (Å²) in [5.41, 5.74) is 1.52. The highest BCUT2D eigenvalue weighted by molar-refractivity contribution is 5.94. The van der Waals surface area contributed by atoms with Crippen LogP contribution in [0, 0.1) is 6.92 Å². The van der Waals surface area contributed by atoms with Gasteiger partial charge in [0.1, 0.15) is 11.3 Å². The van der Waals surface area contributed by atoms with Gasteiger partial charge in [0, 0.05) is 5.56 Å². The fraction of sp³-hybridized carbons (Fsp3) is 0.462. The molecule has 3 heteroatoms. The molecule has 1 aromatic carbocycles. The van der Waals surface area contributed by atoms with Crippen molar-refractivity contribution in [1.82, 2.24) is 0 Å². The maximum absolute atomic E-state index is 11.6. The summed E-state index contributed by atoms with van der Waals surface area (Å²) < 4.78 is 4.67. The van der Waals surface area contributed by atoms with Gasteiger partial charge in [-0.25, -0.2) is 4.79 Å². The highest BCUT2D eigenvalue weighted by atomic mass is 16.5. The smallest absolute Gasteiger partial charge is 0.341 e. The lowest BCUT2D eigenvalue weighted by Gasteiger charge is -2.22. The highest BCUT2D eigenvalue weighted by Crippen LogP contribution is 2.34. The molecule has 0 aliphatic rings. The van der Waals surface area contributed by atoms with E-state index in [2.05, 4.69) is 4.74 Å². The lowest BCUT2D eigenvalue weighted by atomic mass is 9.84. The first-order valence-electron chi connectivity index (χ1n) is 5.20. The van der Waals surface area contributed by atoms with E-state index in [1.807, 2.05) is 32.9 Å². The topological polar surface area (TPSA) is 46.5 Å². The van der Waals surface area contributed by atoms with Crippen LogP contribution in [0.2, 0.25) is 0 Å². The molecule has 3 nitrogen and oxygen atoms in total. The number of carbonyl (C=O) groups is 1. The number of phenols is 1. The maximum atomic E-state index is 11.6. The molecule has 0 aromatic heterocycles. The predicted octanol–water partition coefficient (Wildman–Crippen LogP) is 2.78. The molecule has 0 fully saturated rings. The molecule has 0 saturated carbocycles. The number of esters is 1. The van der Waals surface area contributed by atoms with E-state index in [9.17, 15) is 9.90 Å². The SMILES string of the molecule is COC(=O)c1c(C)ccc(C(C)(C)C)c1O. The van der Waals surface area contributed by atoms with Crippen LogP contribution < -0.4 is 0 Å². The second kappa shape index (κ2) is 4.16. The zero-order valence-corrected chi connectivity index (χ0v) is 10.4. The molecule has 0 heterocycles. The van der Waals surface area contributed by atoms with Crippen molar-refractivity contribution in [3.63, 3.8) is 0 Å². The quantitative estimate of drug-likeness (QED) is 0.743. The summed E-state index contributed by atoms with van der Waals surface area (Å²) in [6.07, 6.45) is 0. The van der Waals surface area contributed by atoms with E-state index in [1.165, 1.54) is 7.11 Å². The lowest BCUT2D eigenvalue weighted by Crippen LogP contribution is -2.14. The fourth-order valence-electron chi connectivity index (χ4n) is 1.66. The van der Waals surface area contributed by atoms with Crippen LogP contribution >= 0.6 is 0 Å². The van der Waals surface area contributed by atoms with E-state index in [0.29, 0.717) is 0 Å². The molecule has 0 saturated heterocycles. The number of hydrogen-bond donors (Lipinski definition) is 1. The first-order valence-corrected chi connectivity index (χ1v) is 5.20. The number of phenolic OH excluding ortho intramolecular Hbond substituents is 1. The average Bonchev–Trinajstić information content (AvgIpc) is 2.15. The van der Waals surface area contributed by atoms with E-state index in [1.54, 1.807) is 6.92 Å². The molecular weight excluding hydrogens is 204 g/mol. The molecule has 0 unspecified atom stereocenters. The van der Waals surface area contributed by atoms with E-state index >= 15 is 0 Å². The van der Waals surface area contributed by atoms with Gasteiger partial charge in [-0.3, -0.25) is 0 Å². The van der Waals surface area contributed by atoms with Crippen LogP contribution in [0.4, 0.5) is 0 Å². The first-order chi connectivity index (χ1) is 7.29. The van der Waals surface area contributed by atoms with Gasteiger partial charge in [0.2, 0.25) is 0 Å². The molecule has 0 radical (unpaired) electrons. The molecule has 1 N–H and O–H groups in total. The summed E-state index contributed by atoms with van der Waals surface area (Å²) in [5.74, 6) is -0.472. The molecule has 16 heavy (non-hydrogen) atoms. The number of rotatable bonds is 1. The Labute approximate surface area is 96.1 Å². The van der Waals surface area contributed by atoms with Gasteiger partial charge >= 0.3 is 5.97 Å². The predicted molar refractivity (Wildman–Crippen MR) is 62.9 cm³/mol. The highest BCUT2D eigenvalue weighted by Gasteiger charge is 2.24. The Hall–Kier alpha value is -1.51. The first kappa shape index (κ1) is 12.6. The Morgan fingerprint density at radius 2 is 1.88 bits per heavy atom. The lowest BCUT2D eigenvalue weighted by molar-refractivity contribution is 0.0596. The molecule has 0 aliphatic carbocycles. The average molecular weight is 222 g/mol. The van der Waals surface area contributed by atoms with Gasteiger partial charge in [-0.1, -0.05) is 32.9 Å². The van der Waals surface area contributed by atoms with E-state index in [4.69, 9.17) is 0 Å². The third kappa shape index (κ3) is 2.18. The minimum Gasteiger partial charge on any atom is -0.507 e. The van der Waals surface area contributed by atoms with Crippen LogP contribution in [0.15, 0.2) is 12.1 Å². The van der Waals surface area contributed by atoms with Crippen LogP contribution in [-0.4, -0.2) is 18.2 Å². The fourth-order valence-corrected chi connectivity index (χ4v) is 1.66. The molecule has 0 aliphatic heterocycles. The second-order valence-electron chi connectivity index (χ2n) is 4.90. The largest absolute Gasteiger partial charge is 0.507 e. The third-order valence-electron chi connectivity index (χ3n) is 2.58. The minimum absolute atomic E-state index is 0.0272. The summed E-state index contributed by atoms with van der Waals surface area (Å²) in [5, 5.41) is 10.1. The molecule has 1 aromatic rings. The monoisotopic (exact) mass is 222 g/mol. The van der Waals surface area contributed by atoms with Crippen molar-refractivity contribution in [3.05, 3.63) is 28.8 Å². The molecule has 0 atom stereocenters. The van der Waals surface area contributed by atoms with Gasteiger partial charge in [0.15, 0.2) is 0 Å². The number of aryl methyl sites for hydroxylation is 1. The Morgan fingerprint density at radius 3 is 2.31 bits per heavy atom. The van der Waals surface area contributed by atoms with Gasteiger partial charge in [0.25, 0.3) is 0 Å². The molecule has 1 rings (SSSR count). The van der Waals surface area contributed by atoms with Crippen molar-refractivity contribution in [2.45, 2.75) is 33.1 Å². The van der Waals surface area contributed by atoms with Crippen LogP contribution in [-0.2, 0) is 10.2 Å². The summed E-state index contributed by atoms with van der Waals surface area (Å²) in [6, 6.07) is 3.67. The summed E-state index contributed by atoms with van der Waals surface area (Å²) >= 11 is 0. The molecule has 0 amide bonds. The van der Waals surface area contributed by atoms with Crippen molar-refractivity contribution < 1.29 is 14.6 Å². The van der Waals surface area contributed by atoms with E-state index in [0.717, 1.165) is 11.1 Å². The Kier molecular flexibility index (Phi) is 3.27. The zero-order chi connectivity index (χ0) is 12.5. The summed E-state index contributed by atoms with van der Waals surface area (Å²) in [4.78, 5) is 11.6. The Morgan fingerprint density at radius 1 is 1.31 bits per heavy atom. The van der Waals surface area contributed by atoms with E-state index < -0.39 is 5.97 Å². The van der Waals surface area contributed by atoms with Crippen molar-refractivity contribution in [2.75, 3.05) is 7.11 Å². The third-order valence-corrected chi connectivity index (χ3v) is 2.58. The van der Waals surface area contributed by atoms with Crippen LogP contribution in [0.3, 0.4) is 0 Å². The number of benzene rings is 1. The number of methoxy groups -OCH3 is 1. The normalized spacial score (nSPS) is 11.3. The Balaban J connectivity index is 3.45. The second-order valence-corrected chi connectivity index (χ2v) is 4.90. The van der Waals surface area contributed by atoms with Gasteiger partial charge < -0.3 is 9.84 Å². The van der Waals surface area contributed by atoms with Crippen LogP contribution in [0.1, 0.15) is 42.3 Å². The number of aromatic hydroxyl groups is 1. The van der Waals surface area contributed by atoms with Crippen molar-refractivity contribution in [3.8, 4) is 5.75 Å². The summed E-state index contributed by atoms with van der Waals surface area (Å²) in [7, 11) is 1.31. The maximum Gasteiger partial charge on any atom is 0.341 e. The minimum atomic E-state index is -0.499. The summed E-state index contributed by atoms with van der Waals surface area (Å²) in [6.45, 7) is 7.73.